The number of dihydropyridines is 1. The molecular formula is C24H23N3O11. The molecule has 1 aliphatic heterocycles. The number of nitro groups is 1. The Hall–Kier alpha value is -5.14. The molecule has 1 N–H and O–H groups in total. The van der Waals surface area contributed by atoms with Gasteiger partial charge in [0.05, 0.1) is 16.3 Å². The Morgan fingerprint density at radius 3 is 2.11 bits per heavy atom. The topological polar surface area (TPSA) is 179 Å². The number of ether oxygens (including phenoxy) is 4. The van der Waals surface area contributed by atoms with Gasteiger partial charge >= 0.3 is 12.3 Å². The van der Waals surface area contributed by atoms with Crippen molar-refractivity contribution >= 4 is 18.0 Å². The Morgan fingerprint density at radius 2 is 1.50 bits per heavy atom. The molecule has 2 aromatic carbocycles. The number of nitrogens with zero attached hydrogens (tertiary/aromatic N) is 2. The summed E-state index contributed by atoms with van der Waals surface area (Å²) in [4.78, 5) is 50.1. The van der Waals surface area contributed by atoms with E-state index < -0.39 is 41.5 Å². The van der Waals surface area contributed by atoms with Crippen LogP contribution in [0.25, 0.3) is 0 Å². The molecule has 2 aromatic rings. The van der Waals surface area contributed by atoms with E-state index in [1.807, 2.05) is 6.07 Å². The first kappa shape index (κ1) is 27.4. The summed E-state index contributed by atoms with van der Waals surface area (Å²) in [5.41, 5.74) is 1.42. The number of non-ortho nitro benzene ring substituents is 1. The van der Waals surface area contributed by atoms with Gasteiger partial charge in [0.25, 0.3) is 10.8 Å². The quantitative estimate of drug-likeness (QED) is 0.198. The van der Waals surface area contributed by atoms with Crippen molar-refractivity contribution in [1.29, 1.82) is 0 Å². The van der Waals surface area contributed by atoms with E-state index in [4.69, 9.17) is 18.9 Å². The van der Waals surface area contributed by atoms with Crippen LogP contribution in [-0.4, -0.2) is 35.5 Å². The minimum absolute atomic E-state index is 0.0337. The van der Waals surface area contributed by atoms with Crippen LogP contribution in [0.3, 0.4) is 0 Å². The van der Waals surface area contributed by atoms with Gasteiger partial charge in [0.15, 0.2) is 0 Å². The molecule has 0 bridgehead atoms. The van der Waals surface area contributed by atoms with Crippen molar-refractivity contribution in [3.63, 3.8) is 0 Å². The summed E-state index contributed by atoms with van der Waals surface area (Å²) in [6.45, 7) is 2.09. The van der Waals surface area contributed by atoms with Gasteiger partial charge in [-0.25, -0.2) is 9.59 Å². The second kappa shape index (κ2) is 12.7. The molecule has 0 saturated heterocycles. The lowest BCUT2D eigenvalue weighted by atomic mass is 9.90. The van der Waals surface area contributed by atoms with Gasteiger partial charge in [-0.1, -0.05) is 42.5 Å². The summed E-state index contributed by atoms with van der Waals surface area (Å²) < 4.78 is 20.9. The predicted molar refractivity (Wildman–Crippen MR) is 127 cm³/mol. The standard InChI is InChI=1S/C24H23N3O11/c1-15-21(37-23(28)34-11-12-36-27(32)33)20(18-9-6-10-19(13-18)26(30)31)22(16(2)25-15)38-24(29)35-14-17-7-4-3-5-8-17/h3-10,13,20,25H,11-12,14H2,1-2H3. The third-order valence-corrected chi connectivity index (χ3v) is 5.14. The summed E-state index contributed by atoms with van der Waals surface area (Å²) in [6.07, 6.45) is -2.28. The van der Waals surface area contributed by atoms with Gasteiger partial charge in [0, 0.05) is 12.1 Å². The van der Waals surface area contributed by atoms with Crippen LogP contribution in [0.1, 0.15) is 30.9 Å². The van der Waals surface area contributed by atoms with E-state index in [2.05, 4.69) is 10.2 Å². The lowest BCUT2D eigenvalue weighted by Gasteiger charge is -2.30. The Kier molecular flexibility index (Phi) is 9.18. The van der Waals surface area contributed by atoms with Crippen molar-refractivity contribution in [2.45, 2.75) is 26.4 Å². The molecule has 0 spiro atoms. The first-order chi connectivity index (χ1) is 18.2. The summed E-state index contributed by atoms with van der Waals surface area (Å²) in [6, 6.07) is 14.4. The molecule has 1 aliphatic rings. The molecule has 14 nitrogen and oxygen atoms in total. The number of carbonyl (C=O) groups excluding carboxylic acids is 2. The largest absolute Gasteiger partial charge is 0.513 e. The monoisotopic (exact) mass is 529 g/mol. The van der Waals surface area contributed by atoms with E-state index in [9.17, 15) is 29.8 Å². The molecule has 0 fully saturated rings. The Labute approximate surface area is 215 Å². The third kappa shape index (κ3) is 7.43. The van der Waals surface area contributed by atoms with Crippen LogP contribution < -0.4 is 5.32 Å². The number of carbonyl (C=O) groups is 2. The fourth-order valence-electron chi connectivity index (χ4n) is 3.54. The molecule has 1 atom stereocenters. The molecule has 0 radical (unpaired) electrons. The van der Waals surface area contributed by atoms with E-state index in [1.165, 1.54) is 24.3 Å². The molecule has 3 rings (SSSR count). The molecule has 200 valence electrons. The number of rotatable bonds is 10. The highest BCUT2D eigenvalue weighted by molar-refractivity contribution is 5.65. The van der Waals surface area contributed by atoms with Crippen molar-refractivity contribution in [2.75, 3.05) is 13.2 Å². The summed E-state index contributed by atoms with van der Waals surface area (Å²) in [5, 5.41) is 23.5. The third-order valence-electron chi connectivity index (χ3n) is 5.14. The van der Waals surface area contributed by atoms with Gasteiger partial charge in [-0.2, -0.15) is 0 Å². The highest BCUT2D eigenvalue weighted by Gasteiger charge is 2.36. The van der Waals surface area contributed by atoms with Crippen molar-refractivity contribution in [3.8, 4) is 0 Å². The molecule has 0 aliphatic carbocycles. The molecule has 1 heterocycles. The van der Waals surface area contributed by atoms with Gasteiger partial charge < -0.3 is 29.1 Å². The lowest BCUT2D eigenvalue weighted by Crippen LogP contribution is -2.29. The summed E-state index contributed by atoms with van der Waals surface area (Å²) >= 11 is 0. The average molecular weight is 529 g/mol. The number of hydrogen-bond donors (Lipinski definition) is 1. The maximum atomic E-state index is 12.6. The highest BCUT2D eigenvalue weighted by atomic mass is 17.0. The Morgan fingerprint density at radius 1 is 0.868 bits per heavy atom. The van der Waals surface area contributed by atoms with Crippen molar-refractivity contribution in [2.24, 2.45) is 0 Å². The second-order valence-electron chi connectivity index (χ2n) is 7.77. The molecule has 0 amide bonds. The zero-order valence-corrected chi connectivity index (χ0v) is 20.3. The smallest absolute Gasteiger partial charge is 0.432 e. The first-order valence-electron chi connectivity index (χ1n) is 11.1. The molecule has 1 unspecified atom stereocenters. The van der Waals surface area contributed by atoms with Crippen LogP contribution >= 0.6 is 0 Å². The summed E-state index contributed by atoms with van der Waals surface area (Å²) in [5.74, 6) is -1.21. The second-order valence-corrected chi connectivity index (χ2v) is 7.77. The van der Waals surface area contributed by atoms with E-state index in [-0.39, 0.29) is 29.4 Å². The first-order valence-corrected chi connectivity index (χ1v) is 11.1. The zero-order valence-electron chi connectivity index (χ0n) is 20.3. The van der Waals surface area contributed by atoms with Gasteiger partial charge in [-0.05, 0) is 25.0 Å². The van der Waals surface area contributed by atoms with E-state index >= 15 is 0 Å². The van der Waals surface area contributed by atoms with Gasteiger partial charge in [-0.3, -0.25) is 10.1 Å². The number of nitrogens with one attached hydrogen (secondary N) is 1. The van der Waals surface area contributed by atoms with Crippen LogP contribution in [0.15, 0.2) is 77.5 Å². The van der Waals surface area contributed by atoms with E-state index in [0.717, 1.165) is 5.56 Å². The van der Waals surface area contributed by atoms with Gasteiger partial charge in [0.2, 0.25) is 0 Å². The molecule has 14 heteroatoms. The normalized spacial score (nSPS) is 14.7. The van der Waals surface area contributed by atoms with Crippen LogP contribution in [0, 0.1) is 20.2 Å². The van der Waals surface area contributed by atoms with Gasteiger partial charge in [-0.15, -0.1) is 10.1 Å². The van der Waals surface area contributed by atoms with Crippen molar-refractivity contribution in [1.82, 2.24) is 5.32 Å². The fraction of sp³-hybridized carbons (Fsp3) is 0.250. The molecular weight excluding hydrogens is 506 g/mol. The predicted octanol–water partition coefficient (Wildman–Crippen LogP) is 4.46. The Bertz CT molecular complexity index is 1270. The van der Waals surface area contributed by atoms with Crippen LogP contribution in [-0.2, 0) is 30.4 Å². The minimum Gasteiger partial charge on any atom is -0.432 e. The fourth-order valence-corrected chi connectivity index (χ4v) is 3.54. The number of benzene rings is 2. The van der Waals surface area contributed by atoms with Crippen LogP contribution in [0.4, 0.5) is 15.3 Å². The zero-order chi connectivity index (χ0) is 27.7. The van der Waals surface area contributed by atoms with Gasteiger partial charge in [0.1, 0.15) is 37.3 Å². The van der Waals surface area contributed by atoms with E-state index in [0.29, 0.717) is 11.4 Å². The van der Waals surface area contributed by atoms with E-state index in [1.54, 1.807) is 38.1 Å². The van der Waals surface area contributed by atoms with Crippen molar-refractivity contribution in [3.05, 3.63) is 109 Å². The Balaban J connectivity index is 1.86. The average Bonchev–Trinajstić information content (AvgIpc) is 2.88. The maximum Gasteiger partial charge on any atom is 0.513 e. The minimum atomic E-state index is -1.23. The van der Waals surface area contributed by atoms with Crippen LogP contribution in [0.5, 0.6) is 0 Å². The lowest BCUT2D eigenvalue weighted by molar-refractivity contribution is -0.757. The molecule has 0 saturated carbocycles. The number of hydrogen-bond acceptors (Lipinski definition) is 12. The molecule has 0 aromatic heterocycles. The highest BCUT2D eigenvalue weighted by Crippen LogP contribution is 2.40. The maximum absolute atomic E-state index is 12.6. The number of nitro benzene ring substituents is 1. The molecule has 38 heavy (non-hydrogen) atoms. The number of allylic oxidation sites excluding steroid dienone is 2. The summed E-state index contributed by atoms with van der Waals surface area (Å²) in [7, 11) is 0. The van der Waals surface area contributed by atoms with Crippen molar-refractivity contribution < 1.29 is 43.4 Å². The van der Waals surface area contributed by atoms with Crippen LogP contribution in [0.2, 0.25) is 0 Å². The SMILES string of the molecule is CC1=C(OC(=O)OCCO[N+](=O)[O-])C(c2cccc([N+](=O)[O-])c2)C(OC(=O)OCc2ccccc2)=C(C)N1.